The molecule has 1 rings (SSSR count). The van der Waals surface area contributed by atoms with E-state index in [1.165, 1.54) is 0 Å². The lowest BCUT2D eigenvalue weighted by molar-refractivity contribution is -0.149. The van der Waals surface area contributed by atoms with Crippen LogP contribution < -0.4 is 9.47 Å². The molecular weight excluding hydrogens is 258 g/mol. The maximum Gasteiger partial charge on any atom is 0.323 e. The number of benzene rings is 1. The zero-order chi connectivity index (χ0) is 15.3. The highest BCUT2D eigenvalue weighted by Crippen LogP contribution is 2.27. The number of methoxy groups -OCH3 is 2. The lowest BCUT2D eigenvalue weighted by atomic mass is 10.0. The fraction of sp³-hybridized carbons (Fsp3) is 0.533. The second kappa shape index (κ2) is 6.61. The van der Waals surface area contributed by atoms with Gasteiger partial charge in [-0.2, -0.15) is 0 Å². The average molecular weight is 281 g/mol. The maximum absolute atomic E-state index is 11.4. The van der Waals surface area contributed by atoms with Crippen LogP contribution in [0.5, 0.6) is 11.5 Å². The zero-order valence-electron chi connectivity index (χ0n) is 12.8. The smallest absolute Gasteiger partial charge is 0.323 e. The van der Waals surface area contributed by atoms with Crippen LogP contribution >= 0.6 is 0 Å². The highest BCUT2D eigenvalue weighted by molar-refractivity contribution is 5.77. The van der Waals surface area contributed by atoms with E-state index in [-0.39, 0.29) is 0 Å². The summed E-state index contributed by atoms with van der Waals surface area (Å²) in [5, 5.41) is 9.35. The first kappa shape index (κ1) is 16.3. The Morgan fingerprint density at radius 2 is 1.95 bits per heavy atom. The van der Waals surface area contributed by atoms with E-state index in [0.29, 0.717) is 13.1 Å². The van der Waals surface area contributed by atoms with E-state index >= 15 is 0 Å². The maximum atomic E-state index is 11.4. The van der Waals surface area contributed by atoms with Crippen LogP contribution in [0.4, 0.5) is 0 Å². The second-order valence-electron chi connectivity index (χ2n) is 5.06. The highest BCUT2D eigenvalue weighted by Gasteiger charge is 2.34. The van der Waals surface area contributed by atoms with Gasteiger partial charge in [0.2, 0.25) is 0 Å². The monoisotopic (exact) mass is 281 g/mol. The lowest BCUT2D eigenvalue weighted by Crippen LogP contribution is -2.49. The molecule has 1 N–H and O–H groups in total. The summed E-state index contributed by atoms with van der Waals surface area (Å²) < 4.78 is 10.5. The second-order valence-corrected chi connectivity index (χ2v) is 5.06. The van der Waals surface area contributed by atoms with Gasteiger partial charge in [-0.05, 0) is 38.6 Å². The molecule has 0 heterocycles. The minimum absolute atomic E-state index is 0.482. The molecule has 112 valence electrons. The first-order chi connectivity index (χ1) is 9.36. The minimum atomic E-state index is -0.942. The van der Waals surface area contributed by atoms with Crippen LogP contribution in [0, 0.1) is 0 Å². The molecule has 0 spiro atoms. The Hall–Kier alpha value is -1.75. The van der Waals surface area contributed by atoms with Crippen molar-refractivity contribution in [2.75, 3.05) is 20.8 Å². The quantitative estimate of drug-likeness (QED) is 0.831. The predicted molar refractivity (Wildman–Crippen MR) is 77.3 cm³/mol. The molecule has 0 atom stereocenters. The number of aliphatic carboxylic acids is 1. The van der Waals surface area contributed by atoms with E-state index in [9.17, 15) is 9.90 Å². The molecule has 1 aromatic carbocycles. The van der Waals surface area contributed by atoms with Crippen LogP contribution in [0.2, 0.25) is 0 Å². The van der Waals surface area contributed by atoms with Crippen molar-refractivity contribution in [2.24, 2.45) is 0 Å². The average Bonchev–Trinajstić information content (AvgIpc) is 2.43. The van der Waals surface area contributed by atoms with E-state index in [2.05, 4.69) is 0 Å². The van der Waals surface area contributed by atoms with Crippen molar-refractivity contribution < 1.29 is 19.4 Å². The summed E-state index contributed by atoms with van der Waals surface area (Å²) >= 11 is 0. The van der Waals surface area contributed by atoms with Gasteiger partial charge >= 0.3 is 5.97 Å². The number of likely N-dealkylation sites (N-methyl/N-ethyl adjacent to an activating group) is 1. The van der Waals surface area contributed by atoms with Crippen LogP contribution in [0.3, 0.4) is 0 Å². The Morgan fingerprint density at radius 1 is 1.30 bits per heavy atom. The summed E-state index contributed by atoms with van der Waals surface area (Å²) in [5.41, 5.74) is -0.0361. The molecule has 0 aliphatic heterocycles. The van der Waals surface area contributed by atoms with E-state index < -0.39 is 11.5 Å². The van der Waals surface area contributed by atoms with Crippen LogP contribution in [-0.4, -0.2) is 42.3 Å². The summed E-state index contributed by atoms with van der Waals surface area (Å²) in [4.78, 5) is 13.3. The summed E-state index contributed by atoms with van der Waals surface area (Å²) in [6, 6.07) is 5.52. The molecule has 0 amide bonds. The SMILES string of the molecule is CCN(Cc1cc(OC)ccc1OC)C(C)(C)C(=O)O. The van der Waals surface area contributed by atoms with Gasteiger partial charge in [0, 0.05) is 12.1 Å². The Bertz CT molecular complexity index is 471. The number of nitrogens with zero attached hydrogens (tertiary/aromatic N) is 1. The number of carboxylic acid groups (broad SMARTS) is 1. The summed E-state index contributed by atoms with van der Waals surface area (Å²) in [5.74, 6) is 0.608. The summed E-state index contributed by atoms with van der Waals surface area (Å²) in [6.45, 7) is 6.45. The highest BCUT2D eigenvalue weighted by atomic mass is 16.5. The minimum Gasteiger partial charge on any atom is -0.497 e. The van der Waals surface area contributed by atoms with Crippen molar-refractivity contribution in [2.45, 2.75) is 32.9 Å². The number of carbonyl (C=O) groups is 1. The fourth-order valence-corrected chi connectivity index (χ4v) is 2.05. The van der Waals surface area contributed by atoms with Crippen molar-refractivity contribution >= 4 is 5.97 Å². The van der Waals surface area contributed by atoms with E-state index in [1.807, 2.05) is 30.0 Å². The van der Waals surface area contributed by atoms with Crippen LogP contribution in [0.1, 0.15) is 26.3 Å². The first-order valence-electron chi connectivity index (χ1n) is 6.56. The Labute approximate surface area is 120 Å². The zero-order valence-corrected chi connectivity index (χ0v) is 12.8. The van der Waals surface area contributed by atoms with Gasteiger partial charge in [-0.3, -0.25) is 9.69 Å². The van der Waals surface area contributed by atoms with Crippen molar-refractivity contribution in [1.82, 2.24) is 4.90 Å². The molecule has 0 aliphatic carbocycles. The molecule has 0 unspecified atom stereocenters. The Kier molecular flexibility index (Phi) is 5.39. The number of hydrogen-bond donors (Lipinski definition) is 1. The lowest BCUT2D eigenvalue weighted by Gasteiger charge is -2.34. The predicted octanol–water partition coefficient (Wildman–Crippen LogP) is 2.39. The topological polar surface area (TPSA) is 59.0 Å². The van der Waals surface area contributed by atoms with Crippen LogP contribution in [0.15, 0.2) is 18.2 Å². The summed E-state index contributed by atoms with van der Waals surface area (Å²) in [7, 11) is 3.20. The van der Waals surface area contributed by atoms with Gasteiger partial charge in [-0.15, -0.1) is 0 Å². The standard InChI is InChI=1S/C15H23NO4/c1-6-16(15(2,3)14(17)18)10-11-9-12(19-4)7-8-13(11)20-5/h7-9H,6,10H2,1-5H3,(H,17,18). The summed E-state index contributed by atoms with van der Waals surface area (Å²) in [6.07, 6.45) is 0. The van der Waals surface area contributed by atoms with E-state index in [1.54, 1.807) is 28.1 Å². The third-order valence-corrected chi connectivity index (χ3v) is 3.54. The molecule has 0 bridgehead atoms. The molecule has 0 saturated carbocycles. The van der Waals surface area contributed by atoms with Crippen molar-refractivity contribution in [1.29, 1.82) is 0 Å². The number of ether oxygens (including phenoxy) is 2. The molecule has 5 nitrogen and oxygen atoms in total. The number of carboxylic acids is 1. The van der Waals surface area contributed by atoms with Crippen molar-refractivity contribution in [3.8, 4) is 11.5 Å². The molecule has 1 aromatic rings. The molecule has 0 saturated heterocycles. The van der Waals surface area contributed by atoms with Crippen molar-refractivity contribution in [3.63, 3.8) is 0 Å². The molecule has 0 aromatic heterocycles. The van der Waals surface area contributed by atoms with Gasteiger partial charge in [0.1, 0.15) is 17.0 Å². The van der Waals surface area contributed by atoms with E-state index in [4.69, 9.17) is 9.47 Å². The van der Waals surface area contributed by atoms with E-state index in [0.717, 1.165) is 17.1 Å². The third kappa shape index (κ3) is 3.42. The third-order valence-electron chi connectivity index (χ3n) is 3.54. The molecule has 0 radical (unpaired) electrons. The van der Waals surface area contributed by atoms with Gasteiger partial charge < -0.3 is 14.6 Å². The van der Waals surface area contributed by atoms with Gasteiger partial charge in [-0.25, -0.2) is 0 Å². The number of rotatable bonds is 7. The van der Waals surface area contributed by atoms with Gasteiger partial charge in [0.05, 0.1) is 14.2 Å². The van der Waals surface area contributed by atoms with Gasteiger partial charge in [0.25, 0.3) is 0 Å². The van der Waals surface area contributed by atoms with Crippen LogP contribution in [-0.2, 0) is 11.3 Å². The van der Waals surface area contributed by atoms with Crippen molar-refractivity contribution in [3.05, 3.63) is 23.8 Å². The molecule has 0 aliphatic rings. The fourth-order valence-electron chi connectivity index (χ4n) is 2.05. The first-order valence-corrected chi connectivity index (χ1v) is 6.56. The Morgan fingerprint density at radius 3 is 2.40 bits per heavy atom. The number of hydrogen-bond acceptors (Lipinski definition) is 4. The van der Waals surface area contributed by atoms with Gasteiger partial charge in [-0.1, -0.05) is 6.92 Å². The molecule has 5 heteroatoms. The molecule has 20 heavy (non-hydrogen) atoms. The largest absolute Gasteiger partial charge is 0.497 e. The van der Waals surface area contributed by atoms with Crippen LogP contribution in [0.25, 0.3) is 0 Å². The van der Waals surface area contributed by atoms with Gasteiger partial charge in [0.15, 0.2) is 0 Å². The molecule has 0 fully saturated rings. The normalized spacial score (nSPS) is 11.5. The Balaban J connectivity index is 3.08. The molecular formula is C15H23NO4.